The van der Waals surface area contributed by atoms with Crippen LogP contribution in [0.3, 0.4) is 0 Å². The van der Waals surface area contributed by atoms with Gasteiger partial charge in [0.15, 0.2) is 0 Å². The first-order valence-corrected chi connectivity index (χ1v) is 28.2. The molecule has 0 aromatic heterocycles. The maximum atomic E-state index is 13.2. The molecule has 0 aromatic rings. The zero-order chi connectivity index (χ0) is 48.1. The van der Waals surface area contributed by atoms with E-state index in [1.807, 2.05) is 6.08 Å². The van der Waals surface area contributed by atoms with Gasteiger partial charge >= 0.3 is 5.97 Å². The van der Waals surface area contributed by atoms with Crippen LogP contribution in [0.5, 0.6) is 0 Å². The molecule has 0 spiro atoms. The first kappa shape index (κ1) is 63.3. The summed E-state index contributed by atoms with van der Waals surface area (Å²) in [6.45, 7) is 6.37. The van der Waals surface area contributed by atoms with Crippen LogP contribution in [-0.2, 0) is 14.3 Å². The molecule has 3 unspecified atom stereocenters. The molecule has 66 heavy (non-hydrogen) atoms. The summed E-state index contributed by atoms with van der Waals surface area (Å²) in [7, 11) is 0. The van der Waals surface area contributed by atoms with E-state index in [1.54, 1.807) is 0 Å². The summed E-state index contributed by atoms with van der Waals surface area (Å²) in [6, 6.07) is -0.724. The van der Waals surface area contributed by atoms with Crippen molar-refractivity contribution in [2.75, 3.05) is 6.61 Å². The number of esters is 1. The first-order chi connectivity index (χ1) is 32.5. The Kier molecular flexibility index (Phi) is 51.1. The van der Waals surface area contributed by atoms with Crippen LogP contribution in [0, 0.1) is 0 Å². The fourth-order valence-electron chi connectivity index (χ4n) is 8.30. The number of hydrogen-bond acceptors (Lipinski definition) is 5. The Labute approximate surface area is 409 Å². The molecule has 6 nitrogen and oxygen atoms in total. The first-order valence-electron chi connectivity index (χ1n) is 28.2. The lowest BCUT2D eigenvalue weighted by molar-refractivity contribution is -0.150. The molecule has 0 saturated heterocycles. The Bertz CT molecular complexity index is 1220. The molecule has 3 atom stereocenters. The summed E-state index contributed by atoms with van der Waals surface area (Å²) in [5.41, 5.74) is 0. The monoisotopic (exact) mass is 922 g/mol. The van der Waals surface area contributed by atoms with E-state index >= 15 is 0 Å². The highest BCUT2D eigenvalue weighted by Gasteiger charge is 2.24. The van der Waals surface area contributed by atoms with E-state index in [2.05, 4.69) is 92.9 Å². The molecule has 0 rings (SSSR count). The van der Waals surface area contributed by atoms with Crippen molar-refractivity contribution in [1.82, 2.24) is 5.32 Å². The van der Waals surface area contributed by atoms with E-state index in [1.165, 1.54) is 135 Å². The van der Waals surface area contributed by atoms with Gasteiger partial charge in [-0.2, -0.15) is 0 Å². The van der Waals surface area contributed by atoms with Gasteiger partial charge in [-0.05, 0) is 83.5 Å². The van der Waals surface area contributed by atoms with Crippen molar-refractivity contribution in [2.45, 2.75) is 289 Å². The lowest BCUT2D eigenvalue weighted by Crippen LogP contribution is -2.46. The Hall–Kier alpha value is -2.70. The van der Waals surface area contributed by atoms with E-state index in [0.29, 0.717) is 19.3 Å². The highest BCUT2D eigenvalue weighted by Crippen LogP contribution is 2.17. The summed E-state index contributed by atoms with van der Waals surface area (Å²) in [5.74, 6) is -0.584. The maximum absolute atomic E-state index is 13.2. The van der Waals surface area contributed by atoms with Crippen molar-refractivity contribution < 1.29 is 24.5 Å². The van der Waals surface area contributed by atoms with Crippen LogP contribution in [-0.4, -0.2) is 46.9 Å². The van der Waals surface area contributed by atoms with Gasteiger partial charge in [0.05, 0.1) is 25.2 Å². The van der Waals surface area contributed by atoms with Gasteiger partial charge in [-0.15, -0.1) is 0 Å². The minimum Gasteiger partial charge on any atom is -0.462 e. The molecule has 3 N–H and O–H groups in total. The number of aliphatic hydroxyl groups excluding tert-OH is 2. The van der Waals surface area contributed by atoms with Crippen LogP contribution >= 0.6 is 0 Å². The number of amides is 1. The number of carbonyl (C=O) groups is 2. The number of aliphatic hydroxyl groups is 2. The van der Waals surface area contributed by atoms with Crippen LogP contribution in [0.1, 0.15) is 271 Å². The SMILES string of the molecule is CC/C=C/C/C=C/C/C=C/C/C=C/C/C=C/CCC(=O)OC(CCCCC/C=C/CCCCCCCCC)CC(=O)NC(CO)C(O)CCCCCCCCCCCCCCCCCCC. The second-order valence-corrected chi connectivity index (χ2v) is 19.0. The third kappa shape index (κ3) is 47.8. The van der Waals surface area contributed by atoms with Crippen molar-refractivity contribution >= 4 is 11.9 Å². The molecule has 0 aliphatic carbocycles. The third-order valence-electron chi connectivity index (χ3n) is 12.5. The number of rotatable bonds is 50. The minimum atomic E-state index is -0.807. The van der Waals surface area contributed by atoms with Crippen molar-refractivity contribution in [1.29, 1.82) is 0 Å². The normalized spacial score (nSPS) is 13.7. The van der Waals surface area contributed by atoms with Gasteiger partial charge in [0.2, 0.25) is 5.91 Å². The molecule has 0 radical (unpaired) electrons. The zero-order valence-electron chi connectivity index (χ0n) is 43.6. The number of allylic oxidation sites excluding steroid dienone is 12. The molecule has 0 aliphatic heterocycles. The van der Waals surface area contributed by atoms with Crippen LogP contribution in [0.15, 0.2) is 72.9 Å². The van der Waals surface area contributed by atoms with Crippen molar-refractivity contribution in [3.05, 3.63) is 72.9 Å². The number of nitrogens with one attached hydrogen (secondary N) is 1. The van der Waals surface area contributed by atoms with Crippen LogP contribution in [0.2, 0.25) is 0 Å². The minimum absolute atomic E-state index is 0.0358. The Morgan fingerprint density at radius 1 is 0.455 bits per heavy atom. The molecule has 0 aromatic carbocycles. The van der Waals surface area contributed by atoms with Crippen LogP contribution in [0.25, 0.3) is 0 Å². The fraction of sp³-hybridized carbons (Fsp3) is 0.767. The Morgan fingerprint density at radius 3 is 1.26 bits per heavy atom. The highest BCUT2D eigenvalue weighted by molar-refractivity contribution is 5.77. The molecule has 0 heterocycles. The lowest BCUT2D eigenvalue weighted by atomic mass is 10.0. The second-order valence-electron chi connectivity index (χ2n) is 19.0. The predicted molar refractivity (Wildman–Crippen MR) is 287 cm³/mol. The van der Waals surface area contributed by atoms with Gasteiger partial charge in [0.25, 0.3) is 0 Å². The number of carbonyl (C=O) groups excluding carboxylic acids is 2. The predicted octanol–water partition coefficient (Wildman–Crippen LogP) is 17.3. The largest absolute Gasteiger partial charge is 0.462 e. The second kappa shape index (κ2) is 53.3. The summed E-state index contributed by atoms with van der Waals surface area (Å²) < 4.78 is 5.90. The van der Waals surface area contributed by atoms with Gasteiger partial charge in [-0.25, -0.2) is 0 Å². The summed E-state index contributed by atoms with van der Waals surface area (Å²) >= 11 is 0. The average Bonchev–Trinajstić information content (AvgIpc) is 3.31. The molecule has 1 amide bonds. The maximum Gasteiger partial charge on any atom is 0.306 e. The molecule has 0 fully saturated rings. The molecule has 0 bridgehead atoms. The van der Waals surface area contributed by atoms with E-state index in [4.69, 9.17) is 4.74 Å². The van der Waals surface area contributed by atoms with Gasteiger partial charge < -0.3 is 20.3 Å². The average molecular weight is 923 g/mol. The fourth-order valence-corrected chi connectivity index (χ4v) is 8.30. The summed E-state index contributed by atoms with van der Waals surface area (Å²) in [5, 5.41) is 23.9. The molecule has 6 heteroatoms. The molecule has 382 valence electrons. The topological polar surface area (TPSA) is 95.9 Å². The van der Waals surface area contributed by atoms with E-state index in [0.717, 1.165) is 83.5 Å². The summed E-state index contributed by atoms with van der Waals surface area (Å²) in [4.78, 5) is 26.2. The van der Waals surface area contributed by atoms with Crippen molar-refractivity contribution in [2.24, 2.45) is 0 Å². The van der Waals surface area contributed by atoms with Crippen molar-refractivity contribution in [3.63, 3.8) is 0 Å². The molecule has 0 aliphatic rings. The lowest BCUT2D eigenvalue weighted by Gasteiger charge is -2.24. The number of unbranched alkanes of at least 4 members (excludes halogenated alkanes) is 26. The van der Waals surface area contributed by atoms with E-state index in [9.17, 15) is 19.8 Å². The van der Waals surface area contributed by atoms with Crippen LogP contribution < -0.4 is 5.32 Å². The molecule has 0 saturated carbocycles. The molecular weight excluding hydrogens is 815 g/mol. The van der Waals surface area contributed by atoms with E-state index < -0.39 is 18.2 Å². The smallest absolute Gasteiger partial charge is 0.306 e. The standard InChI is InChI=1S/C60H107NO5/c1-4-7-10-13-16-19-22-25-28-30-31-34-37-40-43-46-49-52-58(63)57(55-62)61-59(64)54-56(51-48-45-42-39-36-33-27-24-21-18-15-12-9-6-3)66-60(65)53-50-47-44-41-38-35-32-29-26-23-20-17-14-11-8-5-2/h8,11,17,20,26,29,33,35-36,38,44,47,56-58,62-63H,4-7,9-10,12-16,18-19,21-25,27-28,30-32,34,37,39-43,45-46,48-55H2,1-3H3,(H,61,64)/b11-8+,20-17+,29-26+,36-33+,38-35+,47-44+. The van der Waals surface area contributed by atoms with Gasteiger partial charge in [0.1, 0.15) is 6.10 Å². The third-order valence-corrected chi connectivity index (χ3v) is 12.5. The van der Waals surface area contributed by atoms with Gasteiger partial charge in [0, 0.05) is 6.42 Å². The van der Waals surface area contributed by atoms with Crippen molar-refractivity contribution in [3.8, 4) is 0 Å². The number of hydrogen-bond donors (Lipinski definition) is 3. The van der Waals surface area contributed by atoms with E-state index in [-0.39, 0.29) is 31.3 Å². The Balaban J connectivity index is 4.64. The van der Waals surface area contributed by atoms with Crippen LogP contribution in [0.4, 0.5) is 0 Å². The highest BCUT2D eigenvalue weighted by atomic mass is 16.5. The Morgan fingerprint density at radius 2 is 0.818 bits per heavy atom. The molecular formula is C60H107NO5. The quantitative estimate of drug-likeness (QED) is 0.0321. The summed E-state index contributed by atoms with van der Waals surface area (Å²) in [6.07, 6.45) is 68.3. The van der Waals surface area contributed by atoms with Gasteiger partial charge in [-0.1, -0.05) is 248 Å². The van der Waals surface area contributed by atoms with Gasteiger partial charge in [-0.3, -0.25) is 9.59 Å². The number of ether oxygens (including phenoxy) is 1. The zero-order valence-corrected chi connectivity index (χ0v) is 43.6.